The lowest BCUT2D eigenvalue weighted by molar-refractivity contribution is 0.112. The molecule has 2 N–H and O–H groups in total. The molecule has 0 aliphatic heterocycles. The Kier molecular flexibility index (Phi) is 3.46. The molecule has 1 heterocycles. The Morgan fingerprint density at radius 1 is 1.56 bits per heavy atom. The zero-order valence-electron chi connectivity index (χ0n) is 9.28. The van der Waals surface area contributed by atoms with Gasteiger partial charge < -0.3 is 5.73 Å². The van der Waals surface area contributed by atoms with Crippen LogP contribution in [-0.4, -0.2) is 10.9 Å². The molecule has 1 rings (SSSR count). The maximum atomic E-state index is 11.8. The number of aldehydes is 1. The van der Waals surface area contributed by atoms with E-state index < -0.39 is 5.56 Å². The fourth-order valence-corrected chi connectivity index (χ4v) is 1.60. The maximum absolute atomic E-state index is 11.8. The van der Waals surface area contributed by atoms with Crippen molar-refractivity contribution in [3.63, 3.8) is 0 Å². The van der Waals surface area contributed by atoms with E-state index in [4.69, 9.17) is 11.0 Å². The lowest BCUT2D eigenvalue weighted by atomic mass is 10.1. The third kappa shape index (κ3) is 1.70. The summed E-state index contributed by atoms with van der Waals surface area (Å²) in [6.07, 6.45) is 1.29. The summed E-state index contributed by atoms with van der Waals surface area (Å²) in [6.45, 7) is 3.84. The molecule has 0 amide bonds. The van der Waals surface area contributed by atoms with Crippen molar-refractivity contribution < 1.29 is 4.79 Å². The van der Waals surface area contributed by atoms with Crippen molar-refractivity contribution in [1.82, 2.24) is 4.57 Å². The molecule has 0 unspecified atom stereocenters. The fourth-order valence-electron chi connectivity index (χ4n) is 1.60. The molecule has 0 atom stereocenters. The van der Waals surface area contributed by atoms with Gasteiger partial charge in [-0.3, -0.25) is 14.2 Å². The van der Waals surface area contributed by atoms with Gasteiger partial charge in [-0.2, -0.15) is 5.26 Å². The molecule has 16 heavy (non-hydrogen) atoms. The number of nitriles is 1. The fraction of sp³-hybridized carbons (Fsp3) is 0.364. The highest BCUT2D eigenvalue weighted by atomic mass is 16.1. The monoisotopic (exact) mass is 219 g/mol. The molecule has 0 aliphatic carbocycles. The molecule has 1 aromatic rings. The number of hydrogen-bond acceptors (Lipinski definition) is 4. The smallest absolute Gasteiger partial charge is 0.270 e. The molecule has 0 saturated heterocycles. The summed E-state index contributed by atoms with van der Waals surface area (Å²) < 4.78 is 1.27. The normalized spacial score (nSPS) is 9.81. The van der Waals surface area contributed by atoms with E-state index in [0.29, 0.717) is 24.8 Å². The van der Waals surface area contributed by atoms with Crippen LogP contribution in [0, 0.1) is 18.3 Å². The van der Waals surface area contributed by atoms with E-state index in [-0.39, 0.29) is 16.9 Å². The molecule has 1 aromatic heterocycles. The Morgan fingerprint density at radius 2 is 2.19 bits per heavy atom. The van der Waals surface area contributed by atoms with Crippen LogP contribution in [0.4, 0.5) is 5.82 Å². The van der Waals surface area contributed by atoms with Crippen molar-refractivity contribution in [2.45, 2.75) is 26.8 Å². The van der Waals surface area contributed by atoms with E-state index in [1.807, 2.05) is 13.0 Å². The first-order chi connectivity index (χ1) is 7.58. The number of rotatable bonds is 3. The predicted octanol–water partition coefficient (Wildman–Crippen LogP) is 0.833. The molecular formula is C11H13N3O2. The lowest BCUT2D eigenvalue weighted by Crippen LogP contribution is -2.28. The van der Waals surface area contributed by atoms with Crippen molar-refractivity contribution >= 4 is 12.1 Å². The van der Waals surface area contributed by atoms with Crippen LogP contribution in [0.2, 0.25) is 0 Å². The zero-order chi connectivity index (χ0) is 12.3. The summed E-state index contributed by atoms with van der Waals surface area (Å²) in [6, 6.07) is 1.82. The van der Waals surface area contributed by atoms with Crippen LogP contribution >= 0.6 is 0 Å². The minimum Gasteiger partial charge on any atom is -0.384 e. The number of anilines is 1. The van der Waals surface area contributed by atoms with Gasteiger partial charge in [0.05, 0.1) is 5.56 Å². The molecule has 0 fully saturated rings. The van der Waals surface area contributed by atoms with E-state index in [0.717, 1.165) is 0 Å². The molecule has 5 nitrogen and oxygen atoms in total. The van der Waals surface area contributed by atoms with E-state index in [1.165, 1.54) is 4.57 Å². The molecule has 84 valence electrons. The molecule has 0 aliphatic rings. The van der Waals surface area contributed by atoms with Gasteiger partial charge in [0.1, 0.15) is 17.5 Å². The minimum absolute atomic E-state index is 0.00949. The molecule has 0 saturated carbocycles. The molecule has 0 radical (unpaired) electrons. The third-order valence-corrected chi connectivity index (χ3v) is 2.48. The van der Waals surface area contributed by atoms with Crippen LogP contribution < -0.4 is 11.3 Å². The quantitative estimate of drug-likeness (QED) is 0.762. The van der Waals surface area contributed by atoms with Crippen LogP contribution in [0.5, 0.6) is 0 Å². The topological polar surface area (TPSA) is 88.9 Å². The van der Waals surface area contributed by atoms with Crippen molar-refractivity contribution in [3.8, 4) is 6.07 Å². The maximum Gasteiger partial charge on any atom is 0.270 e. The average molecular weight is 219 g/mol. The first-order valence-electron chi connectivity index (χ1n) is 4.96. The van der Waals surface area contributed by atoms with Crippen molar-refractivity contribution in [2.24, 2.45) is 0 Å². The molecule has 0 bridgehead atoms. The first-order valence-corrected chi connectivity index (χ1v) is 4.96. The van der Waals surface area contributed by atoms with Gasteiger partial charge in [0.15, 0.2) is 6.29 Å². The number of hydrogen-bond donors (Lipinski definition) is 1. The summed E-state index contributed by atoms with van der Waals surface area (Å²) in [5, 5.41) is 8.88. The third-order valence-electron chi connectivity index (χ3n) is 2.48. The van der Waals surface area contributed by atoms with Gasteiger partial charge in [-0.25, -0.2) is 0 Å². The van der Waals surface area contributed by atoms with Crippen LogP contribution in [0.15, 0.2) is 4.79 Å². The SMILES string of the molecule is CCCn1c(N)c(C=O)c(C)c(C#N)c1=O. The lowest BCUT2D eigenvalue weighted by Gasteiger charge is -2.13. The summed E-state index contributed by atoms with van der Waals surface area (Å²) in [4.78, 5) is 22.7. The first kappa shape index (κ1) is 12.0. The number of carbonyl (C=O) groups excluding carboxylic acids is 1. The molecular weight excluding hydrogens is 206 g/mol. The number of carbonyl (C=O) groups is 1. The van der Waals surface area contributed by atoms with Gasteiger partial charge >= 0.3 is 0 Å². The minimum atomic E-state index is -0.426. The van der Waals surface area contributed by atoms with E-state index in [2.05, 4.69) is 0 Å². The van der Waals surface area contributed by atoms with Crippen molar-refractivity contribution in [3.05, 3.63) is 27.0 Å². The van der Waals surface area contributed by atoms with E-state index >= 15 is 0 Å². The number of pyridine rings is 1. The largest absolute Gasteiger partial charge is 0.384 e. The summed E-state index contributed by atoms with van der Waals surface area (Å²) in [7, 11) is 0. The van der Waals surface area contributed by atoms with Gasteiger partial charge in [0.25, 0.3) is 5.56 Å². The highest BCUT2D eigenvalue weighted by Gasteiger charge is 2.16. The highest BCUT2D eigenvalue weighted by Crippen LogP contribution is 2.15. The molecule has 5 heteroatoms. The molecule has 0 spiro atoms. The molecule has 0 aromatic carbocycles. The number of nitrogen functional groups attached to an aromatic ring is 1. The summed E-state index contributed by atoms with van der Waals surface area (Å²) >= 11 is 0. The number of aromatic nitrogens is 1. The average Bonchev–Trinajstić information content (AvgIpc) is 2.26. The number of nitrogens with zero attached hydrogens (tertiary/aromatic N) is 2. The zero-order valence-corrected chi connectivity index (χ0v) is 9.28. The van der Waals surface area contributed by atoms with E-state index in [1.54, 1.807) is 6.92 Å². The second-order valence-electron chi connectivity index (χ2n) is 3.49. The van der Waals surface area contributed by atoms with Gasteiger partial charge in [-0.15, -0.1) is 0 Å². The Morgan fingerprint density at radius 3 is 2.62 bits per heavy atom. The Labute approximate surface area is 93.1 Å². The Hall–Kier alpha value is -2.09. The number of nitrogens with two attached hydrogens (primary N) is 1. The van der Waals surface area contributed by atoms with Crippen molar-refractivity contribution in [2.75, 3.05) is 5.73 Å². The predicted molar refractivity (Wildman–Crippen MR) is 60.2 cm³/mol. The summed E-state index contributed by atoms with van der Waals surface area (Å²) in [5.74, 6) is 0.137. The van der Waals surface area contributed by atoms with Crippen LogP contribution in [0.25, 0.3) is 0 Å². The standard InChI is InChI=1S/C11H13N3O2/c1-3-4-14-10(13)9(6-15)7(2)8(5-12)11(14)16/h6H,3-4,13H2,1-2H3. The van der Waals surface area contributed by atoms with Gasteiger partial charge in [0.2, 0.25) is 0 Å². The van der Waals surface area contributed by atoms with Crippen molar-refractivity contribution in [1.29, 1.82) is 5.26 Å². The summed E-state index contributed by atoms with van der Waals surface area (Å²) in [5.41, 5.74) is 5.87. The van der Waals surface area contributed by atoms with Crippen LogP contribution in [-0.2, 0) is 6.54 Å². The van der Waals surface area contributed by atoms with Crippen LogP contribution in [0.1, 0.15) is 34.8 Å². The van der Waals surface area contributed by atoms with Gasteiger partial charge in [-0.05, 0) is 18.9 Å². The van der Waals surface area contributed by atoms with E-state index in [9.17, 15) is 9.59 Å². The van der Waals surface area contributed by atoms with Gasteiger partial charge in [-0.1, -0.05) is 6.92 Å². The second-order valence-corrected chi connectivity index (χ2v) is 3.49. The second kappa shape index (κ2) is 4.62. The highest BCUT2D eigenvalue weighted by molar-refractivity contribution is 5.85. The van der Waals surface area contributed by atoms with Crippen LogP contribution in [0.3, 0.4) is 0 Å². The Bertz CT molecular complexity index is 524. The van der Waals surface area contributed by atoms with Gasteiger partial charge in [0, 0.05) is 6.54 Å². The Balaban J connectivity index is 3.71.